The minimum absolute atomic E-state index is 0.448. The zero-order valence-corrected chi connectivity index (χ0v) is 18.2. The first kappa shape index (κ1) is 19.3. The molecule has 1 saturated heterocycles. The van der Waals surface area contributed by atoms with Crippen LogP contribution in [0.25, 0.3) is 0 Å². The molecule has 1 aliphatic heterocycles. The van der Waals surface area contributed by atoms with Crippen LogP contribution in [-0.2, 0) is 6.42 Å². The number of aromatic nitrogens is 1. The molecular formula is C21H26BrN3O3. The van der Waals surface area contributed by atoms with Gasteiger partial charge in [0.05, 0.1) is 25.8 Å². The van der Waals surface area contributed by atoms with E-state index in [1.54, 1.807) is 21.3 Å². The van der Waals surface area contributed by atoms with Gasteiger partial charge in [0.1, 0.15) is 5.82 Å². The zero-order chi connectivity index (χ0) is 19.7. The first-order chi connectivity index (χ1) is 13.7. The SMILES string of the molecule is COc1ccc2c(c1OC)CCC2N1CCN(c2ccc(Br)c(OC)n2)CC1. The predicted octanol–water partition coefficient (Wildman–Crippen LogP) is 3.68. The third-order valence-corrected chi connectivity index (χ3v) is 6.39. The topological polar surface area (TPSA) is 47.1 Å². The fraction of sp³-hybridized carbons (Fsp3) is 0.476. The van der Waals surface area contributed by atoms with Crippen LogP contribution in [-0.4, -0.2) is 57.4 Å². The van der Waals surface area contributed by atoms with Crippen LogP contribution in [0.2, 0.25) is 0 Å². The zero-order valence-electron chi connectivity index (χ0n) is 16.6. The Morgan fingerprint density at radius 2 is 1.75 bits per heavy atom. The Balaban J connectivity index is 1.47. The molecule has 0 radical (unpaired) electrons. The molecule has 2 heterocycles. The number of anilines is 1. The van der Waals surface area contributed by atoms with Gasteiger partial charge in [-0.2, -0.15) is 4.98 Å². The van der Waals surface area contributed by atoms with Gasteiger partial charge in [0.2, 0.25) is 5.88 Å². The number of pyridine rings is 1. The van der Waals surface area contributed by atoms with E-state index in [0.29, 0.717) is 11.9 Å². The molecule has 0 amide bonds. The van der Waals surface area contributed by atoms with E-state index in [-0.39, 0.29) is 0 Å². The minimum atomic E-state index is 0.448. The number of methoxy groups -OCH3 is 3. The number of benzene rings is 1. The predicted molar refractivity (Wildman–Crippen MR) is 113 cm³/mol. The van der Waals surface area contributed by atoms with Crippen molar-refractivity contribution in [2.45, 2.75) is 18.9 Å². The molecule has 2 aromatic rings. The summed E-state index contributed by atoms with van der Waals surface area (Å²) in [5, 5.41) is 0. The van der Waals surface area contributed by atoms with Crippen molar-refractivity contribution in [3.05, 3.63) is 39.9 Å². The van der Waals surface area contributed by atoms with Crippen molar-refractivity contribution in [2.75, 3.05) is 52.4 Å². The van der Waals surface area contributed by atoms with Crippen LogP contribution in [0.15, 0.2) is 28.7 Å². The van der Waals surface area contributed by atoms with Gasteiger partial charge in [0, 0.05) is 37.8 Å². The van der Waals surface area contributed by atoms with E-state index >= 15 is 0 Å². The second kappa shape index (κ2) is 8.17. The van der Waals surface area contributed by atoms with Crippen LogP contribution >= 0.6 is 15.9 Å². The standard InChI is InChI=1S/C21H26BrN3O3/c1-26-18-8-5-14-15(20(18)27-2)4-7-17(14)24-10-12-25(13-11-24)19-9-6-16(22)21(23-19)28-3/h5-6,8-9,17H,4,7,10-13H2,1-3H3. The van der Waals surface area contributed by atoms with Gasteiger partial charge in [-0.15, -0.1) is 0 Å². The molecule has 1 aromatic carbocycles. The average Bonchev–Trinajstić information content (AvgIpc) is 3.17. The van der Waals surface area contributed by atoms with Crippen molar-refractivity contribution < 1.29 is 14.2 Å². The van der Waals surface area contributed by atoms with Gasteiger partial charge < -0.3 is 19.1 Å². The number of halogens is 1. The molecule has 6 nitrogen and oxygen atoms in total. The van der Waals surface area contributed by atoms with Gasteiger partial charge in [-0.1, -0.05) is 6.07 Å². The summed E-state index contributed by atoms with van der Waals surface area (Å²) in [6, 6.07) is 8.74. The lowest BCUT2D eigenvalue weighted by atomic mass is 10.0. The van der Waals surface area contributed by atoms with Gasteiger partial charge >= 0.3 is 0 Å². The number of piperazine rings is 1. The molecule has 4 rings (SSSR count). The molecule has 1 fully saturated rings. The quantitative estimate of drug-likeness (QED) is 0.696. The Hall–Kier alpha value is -1.99. The van der Waals surface area contributed by atoms with E-state index < -0.39 is 0 Å². The summed E-state index contributed by atoms with van der Waals surface area (Å²) < 4.78 is 17.3. The van der Waals surface area contributed by atoms with E-state index in [9.17, 15) is 0 Å². The molecule has 1 atom stereocenters. The smallest absolute Gasteiger partial charge is 0.229 e. The van der Waals surface area contributed by atoms with Gasteiger partial charge in [-0.25, -0.2) is 0 Å². The van der Waals surface area contributed by atoms with Crippen LogP contribution in [0.5, 0.6) is 17.4 Å². The summed E-state index contributed by atoms with van der Waals surface area (Å²) in [7, 11) is 5.07. The van der Waals surface area contributed by atoms with E-state index in [1.807, 2.05) is 18.2 Å². The number of fused-ring (bicyclic) bond motifs is 1. The number of hydrogen-bond acceptors (Lipinski definition) is 6. The molecule has 1 unspecified atom stereocenters. The molecular weight excluding hydrogens is 422 g/mol. The third kappa shape index (κ3) is 3.42. The fourth-order valence-corrected chi connectivity index (χ4v) is 4.77. The monoisotopic (exact) mass is 447 g/mol. The second-order valence-corrected chi connectivity index (χ2v) is 7.96. The number of hydrogen-bond donors (Lipinski definition) is 0. The number of nitrogens with zero attached hydrogens (tertiary/aromatic N) is 3. The highest BCUT2D eigenvalue weighted by Crippen LogP contribution is 2.44. The molecule has 0 saturated carbocycles. The Kier molecular flexibility index (Phi) is 5.64. The summed E-state index contributed by atoms with van der Waals surface area (Å²) in [6.45, 7) is 3.94. The molecule has 1 aliphatic carbocycles. The highest BCUT2D eigenvalue weighted by Gasteiger charge is 2.33. The number of ether oxygens (including phenoxy) is 3. The van der Waals surface area contributed by atoms with Crippen molar-refractivity contribution in [1.29, 1.82) is 0 Å². The van der Waals surface area contributed by atoms with E-state index in [4.69, 9.17) is 14.2 Å². The summed E-state index contributed by atoms with van der Waals surface area (Å²) in [5.74, 6) is 3.32. The maximum Gasteiger partial charge on any atom is 0.229 e. The maximum atomic E-state index is 5.65. The van der Waals surface area contributed by atoms with E-state index in [0.717, 1.165) is 60.8 Å². The Morgan fingerprint density at radius 3 is 2.43 bits per heavy atom. The summed E-state index contributed by atoms with van der Waals surface area (Å²) in [4.78, 5) is 9.54. The van der Waals surface area contributed by atoms with Crippen molar-refractivity contribution >= 4 is 21.7 Å². The van der Waals surface area contributed by atoms with Gasteiger partial charge in [-0.05, 0) is 52.5 Å². The number of rotatable bonds is 5. The van der Waals surface area contributed by atoms with Crippen LogP contribution in [0.3, 0.4) is 0 Å². The lowest BCUT2D eigenvalue weighted by Gasteiger charge is -2.39. The van der Waals surface area contributed by atoms with Crippen LogP contribution in [0.1, 0.15) is 23.6 Å². The van der Waals surface area contributed by atoms with Crippen molar-refractivity contribution in [1.82, 2.24) is 9.88 Å². The fourth-order valence-electron chi connectivity index (χ4n) is 4.39. The van der Waals surface area contributed by atoms with E-state index in [2.05, 4.69) is 36.8 Å². The Morgan fingerprint density at radius 1 is 0.964 bits per heavy atom. The molecule has 0 bridgehead atoms. The molecule has 1 aromatic heterocycles. The molecule has 7 heteroatoms. The van der Waals surface area contributed by atoms with Crippen LogP contribution < -0.4 is 19.1 Å². The van der Waals surface area contributed by atoms with Crippen molar-refractivity contribution in [2.24, 2.45) is 0 Å². The first-order valence-electron chi connectivity index (χ1n) is 9.59. The van der Waals surface area contributed by atoms with Gasteiger partial charge in [-0.3, -0.25) is 4.90 Å². The Bertz CT molecular complexity index is 853. The molecule has 0 N–H and O–H groups in total. The van der Waals surface area contributed by atoms with E-state index in [1.165, 1.54) is 11.1 Å². The van der Waals surface area contributed by atoms with Crippen molar-refractivity contribution in [3.8, 4) is 17.4 Å². The molecule has 28 heavy (non-hydrogen) atoms. The summed E-state index contributed by atoms with van der Waals surface area (Å²) in [6.07, 6.45) is 2.16. The van der Waals surface area contributed by atoms with Crippen molar-refractivity contribution in [3.63, 3.8) is 0 Å². The minimum Gasteiger partial charge on any atom is -0.493 e. The molecule has 150 valence electrons. The largest absolute Gasteiger partial charge is 0.493 e. The molecule has 0 spiro atoms. The molecule has 2 aliphatic rings. The van der Waals surface area contributed by atoms with Gasteiger partial charge in [0.15, 0.2) is 11.5 Å². The summed E-state index contributed by atoms with van der Waals surface area (Å²) >= 11 is 3.47. The highest BCUT2D eigenvalue weighted by atomic mass is 79.9. The van der Waals surface area contributed by atoms with Gasteiger partial charge in [0.25, 0.3) is 0 Å². The maximum absolute atomic E-state index is 5.65. The normalized spacial score (nSPS) is 19.4. The van der Waals surface area contributed by atoms with Crippen LogP contribution in [0.4, 0.5) is 5.82 Å². The summed E-state index contributed by atoms with van der Waals surface area (Å²) in [5.41, 5.74) is 2.68. The lowest BCUT2D eigenvalue weighted by molar-refractivity contribution is 0.185. The average molecular weight is 448 g/mol. The second-order valence-electron chi connectivity index (χ2n) is 7.11. The third-order valence-electron chi connectivity index (χ3n) is 5.78. The first-order valence-corrected chi connectivity index (χ1v) is 10.4. The Labute approximate surface area is 174 Å². The lowest BCUT2D eigenvalue weighted by Crippen LogP contribution is -2.47. The highest BCUT2D eigenvalue weighted by molar-refractivity contribution is 9.10. The van der Waals surface area contributed by atoms with Crippen LogP contribution in [0, 0.1) is 0 Å².